The van der Waals surface area contributed by atoms with Gasteiger partial charge in [0.1, 0.15) is 17.2 Å². The summed E-state index contributed by atoms with van der Waals surface area (Å²) in [5.74, 6) is -0.0220. The molecule has 0 fully saturated rings. The van der Waals surface area contributed by atoms with Crippen LogP contribution in [0.4, 0.5) is 0 Å². The van der Waals surface area contributed by atoms with Gasteiger partial charge in [0.2, 0.25) is 0 Å². The topological polar surface area (TPSA) is 43.5 Å². The lowest BCUT2D eigenvalue weighted by molar-refractivity contribution is -0.370. The van der Waals surface area contributed by atoms with E-state index < -0.39 is 0 Å². The molecular formula is C9H8NO2+. The smallest absolute Gasteiger partial charge is 0.381 e. The van der Waals surface area contributed by atoms with Gasteiger partial charge in [0.05, 0.1) is 0 Å². The van der Waals surface area contributed by atoms with Crippen LogP contribution in [-0.2, 0) is 0 Å². The molecule has 0 amide bonds. The molecule has 0 aliphatic carbocycles. The third-order valence-corrected chi connectivity index (χ3v) is 1.92. The van der Waals surface area contributed by atoms with Crippen molar-refractivity contribution in [1.29, 1.82) is 0 Å². The molecule has 0 radical (unpaired) electrons. The van der Waals surface area contributed by atoms with E-state index in [1.807, 2.05) is 0 Å². The second-order valence-corrected chi connectivity index (χ2v) is 2.62. The first kappa shape index (κ1) is 6.91. The average molecular weight is 162 g/mol. The number of fused-ring (bicyclic) bond motifs is 1. The summed E-state index contributed by atoms with van der Waals surface area (Å²) in [7, 11) is 0. The highest BCUT2D eigenvalue weighted by Crippen LogP contribution is 2.00. The van der Waals surface area contributed by atoms with Crippen LogP contribution in [-0.4, -0.2) is 21.5 Å². The highest BCUT2D eigenvalue weighted by Gasteiger charge is 2.24. The van der Waals surface area contributed by atoms with Gasteiger partial charge < -0.3 is 10.2 Å². The lowest BCUT2D eigenvalue weighted by atomic mass is 10.3. The van der Waals surface area contributed by atoms with Crippen molar-refractivity contribution in [3.8, 4) is 0 Å². The number of aliphatic hydroxyl groups is 2. The van der Waals surface area contributed by atoms with Crippen LogP contribution in [0.2, 0.25) is 0 Å². The summed E-state index contributed by atoms with van der Waals surface area (Å²) in [6.07, 6.45) is 0. The maximum absolute atomic E-state index is 9.42. The van der Waals surface area contributed by atoms with E-state index in [0.29, 0.717) is 10.4 Å². The van der Waals surface area contributed by atoms with Crippen LogP contribution in [0.15, 0.2) is 24.3 Å². The Morgan fingerprint density at radius 1 is 1.00 bits per heavy atom. The summed E-state index contributed by atoms with van der Waals surface area (Å²) in [6.45, 7) is 3.47. The van der Waals surface area contributed by atoms with Gasteiger partial charge in [-0.2, -0.15) is 0 Å². The molecule has 1 aliphatic rings. The van der Waals surface area contributed by atoms with Crippen molar-refractivity contribution < 1.29 is 14.8 Å². The average Bonchev–Trinajstić information content (AvgIpc) is 2.33. The van der Waals surface area contributed by atoms with E-state index in [0.717, 1.165) is 4.58 Å². The molecule has 0 atom stereocenters. The predicted octanol–water partition coefficient (Wildman–Crippen LogP) is -0.339. The fraction of sp³-hybridized carbons (Fsp3) is 0. The van der Waals surface area contributed by atoms with Crippen LogP contribution in [0.3, 0.4) is 0 Å². The second-order valence-electron chi connectivity index (χ2n) is 2.62. The summed E-state index contributed by atoms with van der Waals surface area (Å²) >= 11 is 0. The normalized spacial score (nSPS) is 15.2. The first-order valence-electron chi connectivity index (χ1n) is 3.54. The third-order valence-electron chi connectivity index (χ3n) is 1.92. The predicted molar refractivity (Wildman–Crippen MR) is 45.1 cm³/mol. The number of benzene rings is 1. The lowest BCUT2D eigenvalue weighted by Crippen LogP contribution is -2.23. The molecule has 0 bridgehead atoms. The number of rotatable bonds is 0. The first-order chi connectivity index (χ1) is 5.72. The Balaban J connectivity index is 3.05. The van der Waals surface area contributed by atoms with Gasteiger partial charge in [-0.1, -0.05) is 12.1 Å². The van der Waals surface area contributed by atoms with E-state index >= 15 is 0 Å². The molecular weight excluding hydrogens is 154 g/mol. The molecule has 2 N–H and O–H groups in total. The largest absolute Gasteiger partial charge is 0.459 e. The van der Waals surface area contributed by atoms with Crippen LogP contribution < -0.4 is 10.4 Å². The Morgan fingerprint density at radius 3 is 1.83 bits per heavy atom. The fourth-order valence-corrected chi connectivity index (χ4v) is 1.26. The summed E-state index contributed by atoms with van der Waals surface area (Å²) in [5.41, 5.74) is 0. The number of hydrogen-bond donors (Lipinski definition) is 2. The van der Waals surface area contributed by atoms with Crippen LogP contribution in [0.1, 0.15) is 0 Å². The molecule has 0 spiro atoms. The van der Waals surface area contributed by atoms with Gasteiger partial charge >= 0.3 is 11.8 Å². The second kappa shape index (κ2) is 2.11. The molecule has 1 aromatic carbocycles. The quantitative estimate of drug-likeness (QED) is 0.512. The molecule has 1 heterocycles. The van der Waals surface area contributed by atoms with Gasteiger partial charge in [-0.05, 0) is 12.1 Å². The van der Waals surface area contributed by atoms with Crippen LogP contribution >= 0.6 is 0 Å². The minimum absolute atomic E-state index is 0.0110. The standard InChI is InChI=1S/C9H7NO2/c1-10-8(11)6-4-2-3-5-7(6)9(10)12/h2-5H,1H2,(H-,11,12)/p+1. The maximum Gasteiger partial charge on any atom is 0.381 e. The Morgan fingerprint density at radius 2 is 1.42 bits per heavy atom. The molecule has 0 saturated heterocycles. The van der Waals surface area contributed by atoms with E-state index in [2.05, 4.69) is 6.72 Å². The Hall–Kier alpha value is -1.77. The Bertz CT molecular complexity index is 431. The van der Waals surface area contributed by atoms with Crippen molar-refractivity contribution >= 4 is 18.5 Å². The van der Waals surface area contributed by atoms with Gasteiger partial charge in [-0.3, -0.25) is 0 Å². The van der Waals surface area contributed by atoms with Gasteiger partial charge in [0.25, 0.3) is 0 Å². The third kappa shape index (κ3) is 0.676. The molecule has 0 unspecified atom stereocenters. The molecule has 1 aromatic rings. The van der Waals surface area contributed by atoms with E-state index in [-0.39, 0.29) is 11.8 Å². The number of nitrogens with zero attached hydrogens (tertiary/aromatic N) is 1. The van der Waals surface area contributed by atoms with Crippen molar-refractivity contribution in [3.05, 3.63) is 34.7 Å². The SMILES string of the molecule is C=[N+]1C(O)=c2ccccc2=C1O. The molecule has 1 aliphatic heterocycles. The summed E-state index contributed by atoms with van der Waals surface area (Å²) in [6, 6.07) is 7.04. The molecule has 0 aromatic heterocycles. The minimum atomic E-state index is -0.0110. The zero-order valence-corrected chi connectivity index (χ0v) is 6.36. The highest BCUT2D eigenvalue weighted by atomic mass is 16.3. The van der Waals surface area contributed by atoms with Crippen LogP contribution in [0.5, 0.6) is 0 Å². The van der Waals surface area contributed by atoms with Crippen LogP contribution in [0.25, 0.3) is 11.8 Å². The van der Waals surface area contributed by atoms with Gasteiger partial charge in [0, 0.05) is 0 Å². The molecule has 60 valence electrons. The number of hydrogen-bond acceptors (Lipinski definition) is 2. The van der Waals surface area contributed by atoms with Crippen molar-refractivity contribution in [3.63, 3.8) is 0 Å². The van der Waals surface area contributed by atoms with Crippen molar-refractivity contribution in [2.75, 3.05) is 0 Å². The molecule has 2 rings (SSSR count). The maximum atomic E-state index is 9.42. The monoisotopic (exact) mass is 162 g/mol. The first-order valence-corrected chi connectivity index (χ1v) is 3.54. The van der Waals surface area contributed by atoms with Gasteiger partial charge in [0.15, 0.2) is 0 Å². The minimum Gasteiger partial charge on any atom is -0.459 e. The summed E-state index contributed by atoms with van der Waals surface area (Å²) < 4.78 is 1.10. The van der Waals surface area contributed by atoms with E-state index in [1.165, 1.54) is 0 Å². The number of aliphatic hydroxyl groups excluding tert-OH is 2. The van der Waals surface area contributed by atoms with Crippen molar-refractivity contribution in [1.82, 2.24) is 0 Å². The van der Waals surface area contributed by atoms with Crippen molar-refractivity contribution in [2.45, 2.75) is 0 Å². The van der Waals surface area contributed by atoms with E-state index in [1.54, 1.807) is 24.3 Å². The molecule has 3 heteroatoms. The molecule has 3 nitrogen and oxygen atoms in total. The summed E-state index contributed by atoms with van der Waals surface area (Å²) in [5, 5.41) is 20.1. The van der Waals surface area contributed by atoms with Crippen molar-refractivity contribution in [2.24, 2.45) is 0 Å². The zero-order chi connectivity index (χ0) is 8.72. The fourth-order valence-electron chi connectivity index (χ4n) is 1.26. The van der Waals surface area contributed by atoms with E-state index in [9.17, 15) is 10.2 Å². The Labute approximate surface area is 68.8 Å². The Kier molecular flexibility index (Phi) is 1.21. The summed E-state index contributed by atoms with van der Waals surface area (Å²) in [4.78, 5) is 0. The van der Waals surface area contributed by atoms with E-state index in [4.69, 9.17) is 0 Å². The van der Waals surface area contributed by atoms with Gasteiger partial charge in [-0.15, -0.1) is 4.58 Å². The van der Waals surface area contributed by atoms with Gasteiger partial charge in [-0.25, -0.2) is 0 Å². The van der Waals surface area contributed by atoms with Crippen LogP contribution in [0, 0.1) is 0 Å². The molecule has 0 saturated carbocycles. The molecule has 12 heavy (non-hydrogen) atoms. The highest BCUT2D eigenvalue weighted by molar-refractivity contribution is 5.47. The zero-order valence-electron chi connectivity index (χ0n) is 6.36. The lowest BCUT2D eigenvalue weighted by Gasteiger charge is -1.86.